The van der Waals surface area contributed by atoms with Gasteiger partial charge in [-0.3, -0.25) is 14.5 Å². The van der Waals surface area contributed by atoms with E-state index in [1.807, 2.05) is 0 Å². The summed E-state index contributed by atoms with van der Waals surface area (Å²) in [5.74, 6) is 0.116. The summed E-state index contributed by atoms with van der Waals surface area (Å²) in [6.07, 6.45) is 0. The Kier molecular flexibility index (Phi) is 6.04. The summed E-state index contributed by atoms with van der Waals surface area (Å²) in [7, 11) is 4.65. The molecule has 0 bridgehead atoms. The number of Topliss-reactive ketones (excluding diaryl/α,β-unsaturated/α-hetero) is 1. The zero-order valence-corrected chi connectivity index (χ0v) is 18.4. The molecule has 1 amide bonds. The monoisotopic (exact) mass is 445 g/mol. The van der Waals surface area contributed by atoms with Crippen LogP contribution in [0.1, 0.15) is 17.2 Å². The number of nitrogens with zero attached hydrogens (tertiary/aromatic N) is 1. The summed E-state index contributed by atoms with van der Waals surface area (Å²) >= 11 is 0. The number of aliphatic hydroxyl groups excluding tert-OH is 1. The topological polar surface area (TPSA) is 85.3 Å². The van der Waals surface area contributed by atoms with E-state index in [-0.39, 0.29) is 11.3 Å². The van der Waals surface area contributed by atoms with Gasteiger partial charge in [-0.2, -0.15) is 0 Å². The van der Waals surface area contributed by atoms with Crippen molar-refractivity contribution >= 4 is 23.1 Å². The van der Waals surface area contributed by atoms with E-state index in [4.69, 9.17) is 14.2 Å². The Morgan fingerprint density at radius 1 is 0.727 bits per heavy atom. The van der Waals surface area contributed by atoms with Gasteiger partial charge in [-0.25, -0.2) is 0 Å². The van der Waals surface area contributed by atoms with E-state index in [1.54, 1.807) is 94.1 Å². The van der Waals surface area contributed by atoms with Gasteiger partial charge in [0.05, 0.1) is 32.9 Å². The molecule has 1 heterocycles. The largest absolute Gasteiger partial charge is 0.507 e. The third-order valence-electron chi connectivity index (χ3n) is 5.59. The average Bonchev–Trinajstić information content (AvgIpc) is 3.14. The number of carbonyl (C=O) groups excluding carboxylic acids is 2. The Bertz CT molecular complexity index is 1200. The van der Waals surface area contributed by atoms with E-state index in [0.29, 0.717) is 34.1 Å². The maximum Gasteiger partial charge on any atom is 0.300 e. The van der Waals surface area contributed by atoms with Gasteiger partial charge in [-0.15, -0.1) is 0 Å². The second-order valence-corrected chi connectivity index (χ2v) is 7.37. The fourth-order valence-electron chi connectivity index (χ4n) is 3.85. The zero-order valence-electron chi connectivity index (χ0n) is 18.4. The van der Waals surface area contributed by atoms with Gasteiger partial charge >= 0.3 is 0 Å². The van der Waals surface area contributed by atoms with Crippen LogP contribution in [0.4, 0.5) is 5.69 Å². The summed E-state index contributed by atoms with van der Waals surface area (Å²) in [5, 5.41) is 11.1. The number of ketones is 1. The van der Waals surface area contributed by atoms with Gasteiger partial charge in [-0.05, 0) is 66.2 Å². The number of benzene rings is 3. The van der Waals surface area contributed by atoms with Crippen LogP contribution >= 0.6 is 0 Å². The van der Waals surface area contributed by atoms with E-state index < -0.39 is 17.7 Å². The quantitative estimate of drug-likeness (QED) is 0.345. The third kappa shape index (κ3) is 4.01. The highest BCUT2D eigenvalue weighted by Crippen LogP contribution is 2.42. The Labute approximate surface area is 191 Å². The molecule has 1 saturated heterocycles. The Balaban J connectivity index is 1.89. The molecule has 0 aliphatic carbocycles. The molecule has 3 aromatic carbocycles. The summed E-state index contributed by atoms with van der Waals surface area (Å²) in [6.45, 7) is 0. The molecular weight excluding hydrogens is 422 g/mol. The molecule has 0 saturated carbocycles. The predicted octanol–water partition coefficient (Wildman–Crippen LogP) is 4.34. The number of rotatable bonds is 6. The first-order valence-corrected chi connectivity index (χ1v) is 10.2. The Hall–Kier alpha value is -4.26. The van der Waals surface area contributed by atoms with Crippen LogP contribution in [0.3, 0.4) is 0 Å². The van der Waals surface area contributed by atoms with Gasteiger partial charge in [0.15, 0.2) is 0 Å². The molecule has 7 heteroatoms. The van der Waals surface area contributed by atoms with Crippen LogP contribution in [-0.2, 0) is 9.59 Å². The molecule has 0 aromatic heterocycles. The lowest BCUT2D eigenvalue weighted by molar-refractivity contribution is -0.132. The van der Waals surface area contributed by atoms with E-state index in [0.717, 1.165) is 0 Å². The van der Waals surface area contributed by atoms with Crippen LogP contribution in [0.25, 0.3) is 5.76 Å². The molecule has 1 unspecified atom stereocenters. The second-order valence-electron chi connectivity index (χ2n) is 7.37. The number of carbonyl (C=O) groups is 2. The van der Waals surface area contributed by atoms with Crippen molar-refractivity contribution in [2.45, 2.75) is 6.04 Å². The van der Waals surface area contributed by atoms with Crippen molar-refractivity contribution in [1.82, 2.24) is 0 Å². The molecule has 1 aliphatic heterocycles. The van der Waals surface area contributed by atoms with Crippen LogP contribution in [0.2, 0.25) is 0 Å². The Morgan fingerprint density at radius 2 is 1.18 bits per heavy atom. The molecule has 0 radical (unpaired) electrons. The van der Waals surface area contributed by atoms with Gasteiger partial charge in [-0.1, -0.05) is 12.1 Å². The first kappa shape index (κ1) is 22.0. The molecule has 1 atom stereocenters. The number of amides is 1. The first-order valence-electron chi connectivity index (χ1n) is 10.2. The lowest BCUT2D eigenvalue weighted by Gasteiger charge is -2.25. The van der Waals surface area contributed by atoms with E-state index in [2.05, 4.69) is 0 Å². The van der Waals surface area contributed by atoms with Gasteiger partial charge < -0.3 is 19.3 Å². The molecule has 33 heavy (non-hydrogen) atoms. The average molecular weight is 445 g/mol. The fourth-order valence-corrected chi connectivity index (χ4v) is 3.85. The maximum atomic E-state index is 13.2. The lowest BCUT2D eigenvalue weighted by atomic mass is 9.95. The molecule has 4 rings (SSSR count). The van der Waals surface area contributed by atoms with Crippen molar-refractivity contribution in [3.05, 3.63) is 89.5 Å². The molecule has 168 valence electrons. The van der Waals surface area contributed by atoms with Crippen molar-refractivity contribution in [2.75, 3.05) is 26.2 Å². The standard InChI is InChI=1S/C26H23NO6/c1-31-19-10-4-16(5-11-19)23-22(24(28)17-6-12-20(32-2)13-7-17)25(29)26(30)27(23)18-8-14-21(33-3)15-9-18/h4-15,23,28H,1-3H3/b24-22+. The molecule has 1 fully saturated rings. The van der Waals surface area contributed by atoms with Crippen molar-refractivity contribution in [2.24, 2.45) is 0 Å². The lowest BCUT2D eigenvalue weighted by Crippen LogP contribution is -2.29. The number of hydrogen-bond acceptors (Lipinski definition) is 6. The first-order chi connectivity index (χ1) is 16.0. The van der Waals surface area contributed by atoms with Crippen molar-refractivity contribution in [3.63, 3.8) is 0 Å². The predicted molar refractivity (Wildman–Crippen MR) is 124 cm³/mol. The minimum Gasteiger partial charge on any atom is -0.507 e. The number of hydrogen-bond donors (Lipinski definition) is 1. The number of aliphatic hydroxyl groups is 1. The fraction of sp³-hybridized carbons (Fsp3) is 0.154. The normalized spacial score (nSPS) is 17.2. The van der Waals surface area contributed by atoms with Crippen LogP contribution < -0.4 is 19.1 Å². The minimum atomic E-state index is -0.827. The summed E-state index contributed by atoms with van der Waals surface area (Å²) in [6, 6.07) is 19.7. The van der Waals surface area contributed by atoms with Crippen LogP contribution in [0.15, 0.2) is 78.4 Å². The highest BCUT2D eigenvalue weighted by molar-refractivity contribution is 6.51. The van der Waals surface area contributed by atoms with E-state index >= 15 is 0 Å². The molecule has 1 aliphatic rings. The molecular formula is C26H23NO6. The van der Waals surface area contributed by atoms with E-state index in [1.165, 1.54) is 4.90 Å². The zero-order chi connectivity index (χ0) is 23.5. The highest BCUT2D eigenvalue weighted by Gasteiger charge is 2.47. The highest BCUT2D eigenvalue weighted by atomic mass is 16.5. The van der Waals surface area contributed by atoms with Crippen molar-refractivity contribution in [1.29, 1.82) is 0 Å². The SMILES string of the molecule is COc1ccc(/C(O)=C2\C(=O)C(=O)N(c3ccc(OC)cc3)C2c2ccc(OC)cc2)cc1. The Morgan fingerprint density at radius 3 is 1.67 bits per heavy atom. The summed E-state index contributed by atoms with van der Waals surface area (Å²) in [4.78, 5) is 27.7. The van der Waals surface area contributed by atoms with Crippen molar-refractivity contribution < 1.29 is 28.9 Å². The van der Waals surface area contributed by atoms with Gasteiger partial charge in [0.1, 0.15) is 23.0 Å². The minimum absolute atomic E-state index is 0.00570. The second kappa shape index (κ2) is 9.08. The number of ether oxygens (including phenoxy) is 3. The molecule has 0 spiro atoms. The van der Waals surface area contributed by atoms with Crippen LogP contribution in [0.5, 0.6) is 17.2 Å². The van der Waals surface area contributed by atoms with Gasteiger partial charge in [0.25, 0.3) is 11.7 Å². The van der Waals surface area contributed by atoms with E-state index in [9.17, 15) is 14.7 Å². The molecule has 7 nitrogen and oxygen atoms in total. The van der Waals surface area contributed by atoms with Crippen molar-refractivity contribution in [3.8, 4) is 17.2 Å². The van der Waals surface area contributed by atoms with Gasteiger partial charge in [0, 0.05) is 11.3 Å². The van der Waals surface area contributed by atoms with Crippen LogP contribution in [-0.4, -0.2) is 38.1 Å². The number of anilines is 1. The van der Waals surface area contributed by atoms with Crippen LogP contribution in [0, 0.1) is 0 Å². The number of methoxy groups -OCH3 is 3. The smallest absolute Gasteiger partial charge is 0.300 e. The summed E-state index contributed by atoms with van der Waals surface area (Å²) < 4.78 is 15.6. The maximum absolute atomic E-state index is 13.2. The third-order valence-corrected chi connectivity index (χ3v) is 5.59. The van der Waals surface area contributed by atoms with Gasteiger partial charge in [0.2, 0.25) is 0 Å². The molecule has 3 aromatic rings. The summed E-state index contributed by atoms with van der Waals surface area (Å²) in [5.41, 5.74) is 1.57. The molecule has 1 N–H and O–H groups in total.